The number of hydrogen-bond donors (Lipinski definition) is 1. The fourth-order valence-electron chi connectivity index (χ4n) is 3.41. The highest BCUT2D eigenvalue weighted by Gasteiger charge is 2.17. The van der Waals surface area contributed by atoms with Crippen LogP contribution in [-0.4, -0.2) is 39.7 Å². The molecule has 1 aliphatic rings. The van der Waals surface area contributed by atoms with Crippen molar-refractivity contribution in [1.29, 1.82) is 0 Å². The number of hydrogen-bond acceptors (Lipinski definition) is 4. The first-order chi connectivity index (χ1) is 12.8. The number of carbonyl (C=O) groups excluding carboxylic acids is 1. The molecule has 4 heterocycles. The van der Waals surface area contributed by atoms with Gasteiger partial charge in [-0.2, -0.15) is 0 Å². The molecule has 4 rings (SSSR count). The van der Waals surface area contributed by atoms with Crippen molar-refractivity contribution in [2.45, 2.75) is 31.9 Å². The summed E-state index contributed by atoms with van der Waals surface area (Å²) in [7, 11) is 0. The highest BCUT2D eigenvalue weighted by Crippen LogP contribution is 2.27. The number of nitrogens with zero attached hydrogens (tertiary/aromatic N) is 3. The maximum Gasteiger partial charge on any atom is 0.221 e. The van der Waals surface area contributed by atoms with E-state index in [0.717, 1.165) is 41.7 Å². The van der Waals surface area contributed by atoms with E-state index in [1.165, 1.54) is 0 Å². The van der Waals surface area contributed by atoms with Crippen LogP contribution >= 0.6 is 0 Å². The molecule has 0 aliphatic carbocycles. The second-order valence-corrected chi connectivity index (χ2v) is 6.52. The highest BCUT2D eigenvalue weighted by molar-refractivity contribution is 5.84. The first kappa shape index (κ1) is 16.7. The molecule has 1 atom stereocenters. The topological polar surface area (TPSA) is 69.0 Å². The minimum atomic E-state index is 0.0407. The molecule has 1 aliphatic heterocycles. The zero-order valence-corrected chi connectivity index (χ0v) is 14.6. The van der Waals surface area contributed by atoms with Crippen molar-refractivity contribution in [3.63, 3.8) is 0 Å². The van der Waals surface area contributed by atoms with Crippen LogP contribution in [0.3, 0.4) is 0 Å². The summed E-state index contributed by atoms with van der Waals surface area (Å²) in [5.41, 5.74) is 3.01. The van der Waals surface area contributed by atoms with Crippen molar-refractivity contribution in [1.82, 2.24) is 19.9 Å². The van der Waals surface area contributed by atoms with Gasteiger partial charge in [0.1, 0.15) is 5.65 Å². The molecule has 0 unspecified atom stereocenters. The highest BCUT2D eigenvalue weighted by atomic mass is 16.5. The van der Waals surface area contributed by atoms with Gasteiger partial charge < -0.3 is 14.6 Å². The van der Waals surface area contributed by atoms with E-state index >= 15 is 0 Å². The van der Waals surface area contributed by atoms with Crippen molar-refractivity contribution >= 4 is 16.9 Å². The van der Waals surface area contributed by atoms with Crippen LogP contribution in [0.2, 0.25) is 0 Å². The summed E-state index contributed by atoms with van der Waals surface area (Å²) in [5, 5.41) is 4.06. The lowest BCUT2D eigenvalue weighted by Crippen LogP contribution is -2.32. The first-order valence-corrected chi connectivity index (χ1v) is 9.04. The average molecular weight is 350 g/mol. The summed E-state index contributed by atoms with van der Waals surface area (Å²) in [6.45, 7) is 1.98. The van der Waals surface area contributed by atoms with Crippen LogP contribution in [0.15, 0.2) is 48.9 Å². The smallest absolute Gasteiger partial charge is 0.221 e. The van der Waals surface area contributed by atoms with E-state index in [1.807, 2.05) is 24.3 Å². The maximum absolute atomic E-state index is 12.3. The molecule has 6 nitrogen and oxygen atoms in total. The van der Waals surface area contributed by atoms with Gasteiger partial charge in [0.25, 0.3) is 0 Å². The molecule has 0 bridgehead atoms. The van der Waals surface area contributed by atoms with Crippen molar-refractivity contribution in [3.05, 3.63) is 48.9 Å². The van der Waals surface area contributed by atoms with Crippen molar-refractivity contribution in [2.75, 3.05) is 13.2 Å². The van der Waals surface area contributed by atoms with E-state index in [0.29, 0.717) is 19.5 Å². The van der Waals surface area contributed by atoms with E-state index in [9.17, 15) is 4.79 Å². The second kappa shape index (κ2) is 7.66. The quantitative estimate of drug-likeness (QED) is 0.742. The monoisotopic (exact) mass is 350 g/mol. The summed E-state index contributed by atoms with van der Waals surface area (Å²) in [4.78, 5) is 20.9. The molecule has 6 heteroatoms. The molecule has 1 N–H and O–H groups in total. The number of aryl methyl sites for hydroxylation is 1. The Kier molecular flexibility index (Phi) is 4.93. The molecule has 0 radical (unpaired) electrons. The van der Waals surface area contributed by atoms with Gasteiger partial charge in [0, 0.05) is 55.7 Å². The van der Waals surface area contributed by atoms with Crippen LogP contribution in [0.5, 0.6) is 0 Å². The number of carbonyl (C=O) groups is 1. The van der Waals surface area contributed by atoms with Crippen molar-refractivity contribution in [3.8, 4) is 11.3 Å². The summed E-state index contributed by atoms with van der Waals surface area (Å²) in [5.74, 6) is 0.0407. The normalized spacial score (nSPS) is 16.8. The molecular weight excluding hydrogens is 328 g/mol. The minimum absolute atomic E-state index is 0.0407. The number of nitrogens with one attached hydrogen (secondary N) is 1. The third kappa shape index (κ3) is 3.60. The molecule has 1 amide bonds. The van der Waals surface area contributed by atoms with Gasteiger partial charge in [-0.3, -0.25) is 9.78 Å². The third-order valence-corrected chi connectivity index (χ3v) is 4.75. The summed E-state index contributed by atoms with van der Waals surface area (Å²) >= 11 is 0. The zero-order chi connectivity index (χ0) is 17.8. The molecule has 1 saturated heterocycles. The maximum atomic E-state index is 12.3. The Bertz CT molecular complexity index is 885. The number of amides is 1. The molecule has 3 aromatic heterocycles. The number of ether oxygens (including phenoxy) is 1. The van der Waals surface area contributed by atoms with Gasteiger partial charge in [-0.15, -0.1) is 0 Å². The molecule has 1 fully saturated rings. The number of pyridine rings is 2. The Hall–Kier alpha value is -2.73. The summed E-state index contributed by atoms with van der Waals surface area (Å²) < 4.78 is 7.66. The van der Waals surface area contributed by atoms with E-state index < -0.39 is 0 Å². The standard InChI is InChI=1S/C20H22N4O2/c25-19(23-14-17-4-2-12-26-17)7-11-24-18(15-5-9-21-10-6-15)13-16-3-1-8-22-20(16)24/h1,3,5-6,8-10,13,17H,2,4,7,11-12,14H2,(H,23,25)/t17-/m1/s1. The minimum Gasteiger partial charge on any atom is -0.376 e. The Morgan fingerprint density at radius 2 is 2.15 bits per heavy atom. The van der Waals surface area contributed by atoms with Crippen LogP contribution in [0.1, 0.15) is 19.3 Å². The zero-order valence-electron chi connectivity index (χ0n) is 14.6. The van der Waals surface area contributed by atoms with Crippen molar-refractivity contribution < 1.29 is 9.53 Å². The molecule has 3 aromatic rings. The number of fused-ring (bicyclic) bond motifs is 1. The second-order valence-electron chi connectivity index (χ2n) is 6.52. The van der Waals surface area contributed by atoms with Gasteiger partial charge in [0.15, 0.2) is 0 Å². The molecule has 134 valence electrons. The average Bonchev–Trinajstić information content (AvgIpc) is 3.33. The van der Waals surface area contributed by atoms with Gasteiger partial charge in [0.2, 0.25) is 5.91 Å². The Balaban J connectivity index is 1.50. The van der Waals surface area contributed by atoms with Crippen LogP contribution < -0.4 is 5.32 Å². The molecule has 26 heavy (non-hydrogen) atoms. The molecular formula is C20H22N4O2. The van der Waals surface area contributed by atoms with Crippen LogP contribution in [-0.2, 0) is 16.1 Å². The van der Waals surface area contributed by atoms with E-state index in [1.54, 1.807) is 18.6 Å². The lowest BCUT2D eigenvalue weighted by atomic mass is 10.2. The predicted octanol–water partition coefficient (Wildman–Crippen LogP) is 2.78. The largest absolute Gasteiger partial charge is 0.376 e. The van der Waals surface area contributed by atoms with Crippen LogP contribution in [0.4, 0.5) is 0 Å². The lowest BCUT2D eigenvalue weighted by Gasteiger charge is -2.13. The number of rotatable bonds is 6. The van der Waals surface area contributed by atoms with E-state index in [-0.39, 0.29) is 12.0 Å². The molecule has 0 aromatic carbocycles. The van der Waals surface area contributed by atoms with Gasteiger partial charge in [-0.25, -0.2) is 4.98 Å². The van der Waals surface area contributed by atoms with Gasteiger partial charge >= 0.3 is 0 Å². The van der Waals surface area contributed by atoms with Gasteiger partial charge in [-0.1, -0.05) is 0 Å². The Morgan fingerprint density at radius 3 is 2.96 bits per heavy atom. The van der Waals surface area contributed by atoms with Crippen LogP contribution in [0.25, 0.3) is 22.3 Å². The number of aromatic nitrogens is 3. The van der Waals surface area contributed by atoms with E-state index in [2.05, 4.69) is 25.9 Å². The Labute approximate surface area is 152 Å². The van der Waals surface area contributed by atoms with E-state index in [4.69, 9.17) is 4.74 Å². The summed E-state index contributed by atoms with van der Waals surface area (Å²) in [6.07, 6.45) is 8.02. The van der Waals surface area contributed by atoms with Gasteiger partial charge in [0.05, 0.1) is 11.8 Å². The van der Waals surface area contributed by atoms with Crippen molar-refractivity contribution in [2.24, 2.45) is 0 Å². The molecule has 0 saturated carbocycles. The Morgan fingerprint density at radius 1 is 1.27 bits per heavy atom. The SMILES string of the molecule is O=C(CCn1c(-c2ccncc2)cc2cccnc21)NC[C@H]1CCCO1. The first-order valence-electron chi connectivity index (χ1n) is 9.04. The summed E-state index contributed by atoms with van der Waals surface area (Å²) in [6, 6.07) is 10.0. The fourth-order valence-corrected chi connectivity index (χ4v) is 3.41. The van der Waals surface area contributed by atoms with Gasteiger partial charge in [-0.05, 0) is 43.2 Å². The third-order valence-electron chi connectivity index (χ3n) is 4.75. The molecule has 0 spiro atoms. The fraction of sp³-hybridized carbons (Fsp3) is 0.350. The predicted molar refractivity (Wildman–Crippen MR) is 99.6 cm³/mol. The van der Waals surface area contributed by atoms with Crippen LogP contribution in [0, 0.1) is 0 Å². The lowest BCUT2D eigenvalue weighted by molar-refractivity contribution is -0.121.